The molecule has 6 nitrogen and oxygen atoms in total. The predicted octanol–water partition coefficient (Wildman–Crippen LogP) is 1.07. The minimum absolute atomic E-state index is 0.0188. The Kier molecular flexibility index (Phi) is 5.27. The minimum Gasteiger partial charge on any atom is -0.396 e. The molecule has 1 aliphatic rings. The molecule has 0 saturated carbocycles. The first-order valence-corrected chi connectivity index (χ1v) is 8.34. The molecule has 0 unspecified atom stereocenters. The van der Waals surface area contributed by atoms with E-state index in [2.05, 4.69) is 10.00 Å². The molecule has 128 valence electrons. The van der Waals surface area contributed by atoms with Crippen LogP contribution in [0.5, 0.6) is 0 Å². The molecule has 1 atom stereocenters. The van der Waals surface area contributed by atoms with Crippen LogP contribution in [0.4, 0.5) is 0 Å². The van der Waals surface area contributed by atoms with Crippen LogP contribution in [-0.2, 0) is 6.54 Å². The number of amides is 1. The molecule has 1 aromatic carbocycles. The number of carbonyl (C=O) groups excluding carboxylic acids is 1. The molecule has 0 bridgehead atoms. The van der Waals surface area contributed by atoms with Crippen LogP contribution in [-0.4, -0.2) is 69.9 Å². The third-order valence-electron chi connectivity index (χ3n) is 4.59. The Hall–Kier alpha value is -2.18. The van der Waals surface area contributed by atoms with E-state index in [0.29, 0.717) is 31.6 Å². The maximum Gasteiger partial charge on any atom is 0.257 e. The first-order chi connectivity index (χ1) is 11.7. The molecule has 0 spiro atoms. The lowest BCUT2D eigenvalue weighted by Gasteiger charge is -2.39. The van der Waals surface area contributed by atoms with Crippen molar-refractivity contribution in [1.29, 1.82) is 0 Å². The number of aromatic nitrogens is 2. The molecule has 6 heteroatoms. The van der Waals surface area contributed by atoms with Gasteiger partial charge in [-0.2, -0.15) is 5.10 Å². The van der Waals surface area contributed by atoms with Crippen molar-refractivity contribution >= 4 is 5.91 Å². The van der Waals surface area contributed by atoms with E-state index in [-0.39, 0.29) is 18.6 Å². The first-order valence-electron chi connectivity index (χ1n) is 8.34. The van der Waals surface area contributed by atoms with Gasteiger partial charge in [0.05, 0.1) is 18.3 Å². The molecular weight excluding hydrogens is 304 g/mol. The Morgan fingerprint density at radius 1 is 1.29 bits per heavy atom. The fourth-order valence-corrected chi connectivity index (χ4v) is 3.10. The average molecular weight is 328 g/mol. The van der Waals surface area contributed by atoms with Crippen LogP contribution in [0.1, 0.15) is 22.3 Å². The summed E-state index contributed by atoms with van der Waals surface area (Å²) in [5.41, 5.74) is 1.78. The molecule has 1 aliphatic heterocycles. The summed E-state index contributed by atoms with van der Waals surface area (Å²) in [4.78, 5) is 16.8. The van der Waals surface area contributed by atoms with Crippen molar-refractivity contribution < 1.29 is 9.90 Å². The van der Waals surface area contributed by atoms with Gasteiger partial charge in [0.1, 0.15) is 0 Å². The van der Waals surface area contributed by atoms with Gasteiger partial charge in [-0.25, -0.2) is 0 Å². The van der Waals surface area contributed by atoms with Gasteiger partial charge in [-0.05, 0) is 19.0 Å². The molecule has 3 rings (SSSR count). The highest BCUT2D eigenvalue weighted by Crippen LogP contribution is 2.14. The van der Waals surface area contributed by atoms with E-state index in [9.17, 15) is 9.90 Å². The summed E-state index contributed by atoms with van der Waals surface area (Å²) in [6.07, 6.45) is 4.15. The summed E-state index contributed by atoms with van der Waals surface area (Å²) in [7, 11) is 2.04. The first kappa shape index (κ1) is 16.7. The van der Waals surface area contributed by atoms with Gasteiger partial charge in [-0.15, -0.1) is 0 Å². The van der Waals surface area contributed by atoms with Gasteiger partial charge in [0.25, 0.3) is 5.91 Å². The number of rotatable bonds is 5. The van der Waals surface area contributed by atoms with Gasteiger partial charge in [0, 0.05) is 38.5 Å². The molecule has 1 N–H and O–H groups in total. The maximum absolute atomic E-state index is 12.7. The molecule has 2 heterocycles. The number of nitrogens with zero attached hydrogens (tertiary/aromatic N) is 4. The fraction of sp³-hybridized carbons (Fsp3) is 0.444. The number of aliphatic hydroxyl groups is 1. The molecule has 24 heavy (non-hydrogen) atoms. The number of carbonyl (C=O) groups is 1. The fourth-order valence-electron chi connectivity index (χ4n) is 3.10. The van der Waals surface area contributed by atoms with Gasteiger partial charge in [0.15, 0.2) is 0 Å². The number of hydrogen-bond acceptors (Lipinski definition) is 4. The number of hydrogen-bond donors (Lipinski definition) is 1. The van der Waals surface area contributed by atoms with E-state index in [1.807, 2.05) is 48.5 Å². The largest absolute Gasteiger partial charge is 0.396 e. The van der Waals surface area contributed by atoms with E-state index in [4.69, 9.17) is 0 Å². The maximum atomic E-state index is 12.7. The van der Waals surface area contributed by atoms with Crippen molar-refractivity contribution in [3.05, 3.63) is 53.9 Å². The smallest absolute Gasteiger partial charge is 0.257 e. The summed E-state index contributed by atoms with van der Waals surface area (Å²) in [5.74, 6) is 0.0188. The molecule has 0 aliphatic carbocycles. The highest BCUT2D eigenvalue weighted by Gasteiger charge is 2.28. The summed E-state index contributed by atoms with van der Waals surface area (Å²) in [6.45, 7) is 2.99. The predicted molar refractivity (Wildman–Crippen MR) is 91.8 cm³/mol. The van der Waals surface area contributed by atoms with Gasteiger partial charge in [-0.1, -0.05) is 30.3 Å². The lowest BCUT2D eigenvalue weighted by atomic mass is 10.1. The standard InChI is InChI=1S/C18H24N4O2/c1-20-8-9-21(14-17(20)7-10-23)18(24)16-11-19-22(13-16)12-15-5-3-2-4-6-15/h2-6,11,13,17,23H,7-10,12,14H2,1H3/t17-/m1/s1. The van der Waals surface area contributed by atoms with E-state index in [0.717, 1.165) is 12.1 Å². The van der Waals surface area contributed by atoms with Crippen molar-refractivity contribution in [1.82, 2.24) is 19.6 Å². The third kappa shape index (κ3) is 3.83. The number of piperazine rings is 1. The van der Waals surface area contributed by atoms with E-state index in [1.54, 1.807) is 10.9 Å². The Labute approximate surface area is 142 Å². The van der Waals surface area contributed by atoms with Crippen LogP contribution in [0.15, 0.2) is 42.7 Å². The second-order valence-electron chi connectivity index (χ2n) is 6.31. The highest BCUT2D eigenvalue weighted by molar-refractivity contribution is 5.93. The second kappa shape index (κ2) is 7.59. The molecule has 1 saturated heterocycles. The lowest BCUT2D eigenvalue weighted by molar-refractivity contribution is 0.0500. The molecule has 1 amide bonds. The molecule has 2 aromatic rings. The van der Waals surface area contributed by atoms with Crippen LogP contribution in [0.2, 0.25) is 0 Å². The Morgan fingerprint density at radius 2 is 2.08 bits per heavy atom. The quantitative estimate of drug-likeness (QED) is 0.892. The highest BCUT2D eigenvalue weighted by atomic mass is 16.3. The molecular formula is C18H24N4O2. The van der Waals surface area contributed by atoms with Crippen molar-refractivity contribution in [2.45, 2.75) is 19.0 Å². The number of aliphatic hydroxyl groups excluding tert-OH is 1. The van der Waals surface area contributed by atoms with Crippen LogP contribution in [0.3, 0.4) is 0 Å². The van der Waals surface area contributed by atoms with Crippen LogP contribution >= 0.6 is 0 Å². The van der Waals surface area contributed by atoms with E-state index < -0.39 is 0 Å². The molecule has 1 fully saturated rings. The van der Waals surface area contributed by atoms with Gasteiger partial charge in [0.2, 0.25) is 0 Å². The third-order valence-corrected chi connectivity index (χ3v) is 4.59. The van der Waals surface area contributed by atoms with E-state index in [1.165, 1.54) is 0 Å². The Bertz CT molecular complexity index is 671. The van der Waals surface area contributed by atoms with Crippen molar-refractivity contribution in [3.63, 3.8) is 0 Å². The molecule has 1 aromatic heterocycles. The minimum atomic E-state index is 0.0188. The lowest BCUT2D eigenvalue weighted by Crippen LogP contribution is -2.53. The Balaban J connectivity index is 1.65. The number of likely N-dealkylation sites (N-methyl/N-ethyl adjacent to an activating group) is 1. The van der Waals surface area contributed by atoms with Gasteiger partial charge >= 0.3 is 0 Å². The molecule has 0 radical (unpaired) electrons. The number of benzene rings is 1. The Morgan fingerprint density at radius 3 is 2.83 bits per heavy atom. The topological polar surface area (TPSA) is 61.6 Å². The van der Waals surface area contributed by atoms with Crippen LogP contribution in [0, 0.1) is 0 Å². The van der Waals surface area contributed by atoms with Crippen LogP contribution in [0.25, 0.3) is 0 Å². The van der Waals surface area contributed by atoms with Crippen molar-refractivity contribution in [3.8, 4) is 0 Å². The zero-order chi connectivity index (χ0) is 16.9. The van der Waals surface area contributed by atoms with Gasteiger partial charge < -0.3 is 10.0 Å². The van der Waals surface area contributed by atoms with Gasteiger partial charge in [-0.3, -0.25) is 14.4 Å². The van der Waals surface area contributed by atoms with Crippen molar-refractivity contribution in [2.24, 2.45) is 0 Å². The normalized spacial score (nSPS) is 18.8. The SMILES string of the molecule is CN1CCN(C(=O)c2cnn(Cc3ccccc3)c2)C[C@H]1CCO. The zero-order valence-electron chi connectivity index (χ0n) is 14.0. The second-order valence-corrected chi connectivity index (χ2v) is 6.31. The van der Waals surface area contributed by atoms with Crippen molar-refractivity contribution in [2.75, 3.05) is 33.3 Å². The summed E-state index contributed by atoms with van der Waals surface area (Å²) in [6, 6.07) is 10.3. The van der Waals surface area contributed by atoms with E-state index >= 15 is 0 Å². The monoisotopic (exact) mass is 328 g/mol. The summed E-state index contributed by atoms with van der Waals surface area (Å²) >= 11 is 0. The summed E-state index contributed by atoms with van der Waals surface area (Å²) in [5, 5.41) is 13.5. The van der Waals surface area contributed by atoms with Crippen LogP contribution < -0.4 is 0 Å². The average Bonchev–Trinajstić information content (AvgIpc) is 3.06. The summed E-state index contributed by atoms with van der Waals surface area (Å²) < 4.78 is 1.80. The zero-order valence-corrected chi connectivity index (χ0v) is 14.0.